The lowest BCUT2D eigenvalue weighted by Gasteiger charge is -2.15. The maximum atomic E-state index is 12.8. The molecule has 6 heteroatoms. The van der Waals surface area contributed by atoms with Gasteiger partial charge in [0.1, 0.15) is 16.3 Å². The number of rotatable bonds is 9. The monoisotopic (exact) mass is 451 g/mol. The summed E-state index contributed by atoms with van der Waals surface area (Å²) in [4.78, 5) is 26.4. The number of amides is 1. The molecule has 1 aromatic heterocycles. The molecule has 5 nitrogen and oxygen atoms in total. The minimum Gasteiger partial charge on any atom is -0.481 e. The fourth-order valence-corrected chi connectivity index (χ4v) is 4.53. The van der Waals surface area contributed by atoms with Crippen LogP contribution in [0.5, 0.6) is 5.75 Å². The summed E-state index contributed by atoms with van der Waals surface area (Å²) in [5.74, 6) is -0.206. The summed E-state index contributed by atoms with van der Waals surface area (Å²) in [6.45, 7) is 5.79. The molecule has 0 radical (unpaired) electrons. The maximum Gasteiger partial charge on any atom is 0.341 e. The van der Waals surface area contributed by atoms with Crippen molar-refractivity contribution >= 4 is 28.2 Å². The highest BCUT2D eigenvalue weighted by molar-refractivity contribution is 7.17. The van der Waals surface area contributed by atoms with E-state index in [0.29, 0.717) is 16.3 Å². The van der Waals surface area contributed by atoms with Crippen LogP contribution in [0.3, 0.4) is 0 Å². The van der Waals surface area contributed by atoms with Gasteiger partial charge in [-0.3, -0.25) is 4.79 Å². The van der Waals surface area contributed by atoms with Crippen molar-refractivity contribution in [1.29, 1.82) is 0 Å². The first kappa shape index (κ1) is 23.5. The molecular formula is C26H29NO4S. The molecule has 2 aromatic carbocycles. The highest BCUT2D eigenvalue weighted by Crippen LogP contribution is 2.40. The summed E-state index contributed by atoms with van der Waals surface area (Å²) in [6.07, 6.45) is 2.59. The van der Waals surface area contributed by atoms with E-state index < -0.39 is 12.1 Å². The Bertz CT molecular complexity index is 1060. The zero-order chi connectivity index (χ0) is 23.1. The van der Waals surface area contributed by atoms with Crippen LogP contribution in [-0.4, -0.2) is 25.1 Å². The molecule has 3 aromatic rings. The molecule has 168 valence electrons. The highest BCUT2D eigenvalue weighted by atomic mass is 32.1. The van der Waals surface area contributed by atoms with Crippen LogP contribution in [-0.2, 0) is 16.0 Å². The Morgan fingerprint density at radius 1 is 1.06 bits per heavy atom. The molecule has 1 atom stereocenters. The SMILES string of the molecule is CCCCc1ccc(-c2c(C)sc(NC(=O)[C@@H](C)Oc3ccccc3)c2C(=O)OC)cc1. The summed E-state index contributed by atoms with van der Waals surface area (Å²) < 4.78 is 10.8. The molecule has 3 rings (SSSR count). The van der Waals surface area contributed by atoms with E-state index in [2.05, 4.69) is 24.4 Å². The molecule has 0 spiro atoms. The van der Waals surface area contributed by atoms with E-state index in [-0.39, 0.29) is 5.91 Å². The van der Waals surface area contributed by atoms with Crippen molar-refractivity contribution in [1.82, 2.24) is 0 Å². The van der Waals surface area contributed by atoms with E-state index in [0.717, 1.165) is 35.3 Å². The van der Waals surface area contributed by atoms with Gasteiger partial charge in [-0.05, 0) is 49.9 Å². The first-order valence-corrected chi connectivity index (χ1v) is 11.6. The minimum atomic E-state index is -0.730. The van der Waals surface area contributed by atoms with Gasteiger partial charge in [-0.1, -0.05) is 55.8 Å². The van der Waals surface area contributed by atoms with Crippen LogP contribution in [0.1, 0.15) is 47.5 Å². The van der Waals surface area contributed by atoms with Gasteiger partial charge in [0.15, 0.2) is 6.10 Å². The number of nitrogens with one attached hydrogen (secondary N) is 1. The van der Waals surface area contributed by atoms with Crippen molar-refractivity contribution in [3.8, 4) is 16.9 Å². The van der Waals surface area contributed by atoms with Crippen LogP contribution >= 0.6 is 11.3 Å². The van der Waals surface area contributed by atoms with Gasteiger partial charge in [0.25, 0.3) is 5.91 Å². The molecule has 0 aliphatic carbocycles. The van der Waals surface area contributed by atoms with E-state index >= 15 is 0 Å². The molecule has 0 fully saturated rings. The zero-order valence-electron chi connectivity index (χ0n) is 18.9. The van der Waals surface area contributed by atoms with Crippen LogP contribution in [0.15, 0.2) is 54.6 Å². The Morgan fingerprint density at radius 2 is 1.75 bits per heavy atom. The Hall–Kier alpha value is -3.12. The van der Waals surface area contributed by atoms with E-state index in [1.165, 1.54) is 24.0 Å². The zero-order valence-corrected chi connectivity index (χ0v) is 19.8. The normalized spacial score (nSPS) is 11.6. The minimum absolute atomic E-state index is 0.332. The smallest absolute Gasteiger partial charge is 0.341 e. The Morgan fingerprint density at radius 3 is 2.38 bits per heavy atom. The third-order valence-corrected chi connectivity index (χ3v) is 6.22. The van der Waals surface area contributed by atoms with Crippen LogP contribution in [0.25, 0.3) is 11.1 Å². The number of carbonyl (C=O) groups is 2. The van der Waals surface area contributed by atoms with Crippen LogP contribution in [0.2, 0.25) is 0 Å². The third-order valence-electron chi connectivity index (χ3n) is 5.20. The van der Waals surface area contributed by atoms with Crippen molar-refractivity contribution in [2.75, 3.05) is 12.4 Å². The summed E-state index contributed by atoms with van der Waals surface area (Å²) >= 11 is 1.36. The number of para-hydroxylation sites is 1. The van der Waals surface area contributed by atoms with Gasteiger partial charge in [0.05, 0.1) is 7.11 Å². The Balaban J connectivity index is 1.87. The molecule has 32 heavy (non-hydrogen) atoms. The first-order valence-electron chi connectivity index (χ1n) is 10.8. The lowest BCUT2D eigenvalue weighted by Crippen LogP contribution is -2.30. The second-order valence-electron chi connectivity index (χ2n) is 7.59. The van der Waals surface area contributed by atoms with Gasteiger partial charge in [-0.2, -0.15) is 0 Å². The van der Waals surface area contributed by atoms with Gasteiger partial charge in [0.2, 0.25) is 0 Å². The Kier molecular flexibility index (Phi) is 8.06. The first-order chi connectivity index (χ1) is 15.4. The van der Waals surface area contributed by atoms with Gasteiger partial charge >= 0.3 is 5.97 Å². The number of hydrogen-bond donors (Lipinski definition) is 1. The number of unbranched alkanes of at least 4 members (excludes halogenated alkanes) is 1. The molecule has 1 heterocycles. The lowest BCUT2D eigenvalue weighted by molar-refractivity contribution is -0.122. The Labute approximate surface area is 193 Å². The fourth-order valence-electron chi connectivity index (χ4n) is 3.47. The second kappa shape index (κ2) is 11.0. The van der Waals surface area contributed by atoms with E-state index in [1.54, 1.807) is 19.1 Å². The number of thiophene rings is 1. The quantitative estimate of drug-likeness (QED) is 0.390. The van der Waals surface area contributed by atoms with Gasteiger partial charge in [0, 0.05) is 10.4 Å². The molecule has 0 aliphatic rings. The van der Waals surface area contributed by atoms with Crippen molar-refractivity contribution in [3.63, 3.8) is 0 Å². The summed E-state index contributed by atoms with van der Waals surface area (Å²) in [5.41, 5.74) is 3.35. The highest BCUT2D eigenvalue weighted by Gasteiger charge is 2.26. The average Bonchev–Trinajstić information content (AvgIpc) is 3.13. The molecule has 0 unspecified atom stereocenters. The van der Waals surface area contributed by atoms with Gasteiger partial charge < -0.3 is 14.8 Å². The molecule has 0 aliphatic heterocycles. The standard InChI is InChI=1S/C26H29NO4S/c1-5-6-10-19-13-15-20(16-14-19)22-18(3)32-25(23(22)26(29)30-4)27-24(28)17(2)31-21-11-8-7-9-12-21/h7-9,11-17H,5-6,10H2,1-4H3,(H,27,28)/t17-/m1/s1. The number of methoxy groups -OCH3 is 1. The van der Waals surface area contributed by atoms with Crippen molar-refractivity contribution in [2.24, 2.45) is 0 Å². The molecule has 0 bridgehead atoms. The number of anilines is 1. The number of esters is 1. The lowest BCUT2D eigenvalue weighted by atomic mass is 9.98. The maximum absolute atomic E-state index is 12.8. The fraction of sp³-hybridized carbons (Fsp3) is 0.308. The third kappa shape index (κ3) is 5.56. The van der Waals surface area contributed by atoms with Crippen molar-refractivity contribution in [3.05, 3.63) is 70.6 Å². The van der Waals surface area contributed by atoms with E-state index in [1.807, 2.05) is 37.3 Å². The summed E-state index contributed by atoms with van der Waals surface area (Å²) in [7, 11) is 1.35. The predicted octanol–water partition coefficient (Wildman–Crippen LogP) is 6.26. The number of benzene rings is 2. The van der Waals surface area contributed by atoms with Crippen LogP contribution in [0.4, 0.5) is 5.00 Å². The van der Waals surface area contributed by atoms with Gasteiger partial charge in [-0.25, -0.2) is 4.79 Å². The van der Waals surface area contributed by atoms with Crippen molar-refractivity contribution < 1.29 is 19.1 Å². The number of ether oxygens (including phenoxy) is 2. The molecule has 1 N–H and O–H groups in total. The second-order valence-corrected chi connectivity index (χ2v) is 8.82. The van der Waals surface area contributed by atoms with Crippen LogP contribution in [0, 0.1) is 6.92 Å². The number of carbonyl (C=O) groups excluding carboxylic acids is 2. The molecule has 0 saturated heterocycles. The average molecular weight is 452 g/mol. The molecule has 1 amide bonds. The van der Waals surface area contributed by atoms with Crippen molar-refractivity contribution in [2.45, 2.75) is 46.1 Å². The molecular weight excluding hydrogens is 422 g/mol. The topological polar surface area (TPSA) is 64.6 Å². The van der Waals surface area contributed by atoms with Crippen LogP contribution < -0.4 is 10.1 Å². The molecule has 0 saturated carbocycles. The predicted molar refractivity (Wildman–Crippen MR) is 130 cm³/mol. The van der Waals surface area contributed by atoms with E-state index in [4.69, 9.17) is 9.47 Å². The summed E-state index contributed by atoms with van der Waals surface area (Å²) in [5, 5.41) is 3.34. The van der Waals surface area contributed by atoms with E-state index in [9.17, 15) is 9.59 Å². The van der Waals surface area contributed by atoms with Gasteiger partial charge in [-0.15, -0.1) is 11.3 Å². The summed E-state index contributed by atoms with van der Waals surface area (Å²) in [6, 6.07) is 17.4. The number of hydrogen-bond acceptors (Lipinski definition) is 5. The largest absolute Gasteiger partial charge is 0.481 e. The number of aryl methyl sites for hydroxylation is 2.